The second-order valence-corrected chi connectivity index (χ2v) is 8.54. The van der Waals surface area contributed by atoms with Gasteiger partial charge < -0.3 is 5.32 Å². The van der Waals surface area contributed by atoms with Crippen LogP contribution in [0, 0.1) is 0 Å². The molecule has 0 unspecified atom stereocenters. The number of hydrogen-bond donors (Lipinski definition) is 1. The average Bonchev–Trinajstić information content (AvgIpc) is 2.62. The molecule has 0 atom stereocenters. The van der Waals surface area contributed by atoms with Gasteiger partial charge in [0, 0.05) is 18.3 Å². The molecule has 0 saturated heterocycles. The Kier molecular flexibility index (Phi) is 6.71. The molecule has 156 valence electrons. The average molecular weight is 449 g/mol. The van der Waals surface area contributed by atoms with Crippen LogP contribution < -0.4 is 5.32 Å². The number of anilines is 1. The van der Waals surface area contributed by atoms with Crippen LogP contribution in [-0.4, -0.2) is 38.0 Å². The highest BCUT2D eigenvalue weighted by Crippen LogP contribution is 2.36. The zero-order valence-electron chi connectivity index (χ0n) is 15.2. The van der Waals surface area contributed by atoms with Gasteiger partial charge in [-0.05, 0) is 37.3 Å². The number of amides is 1. The van der Waals surface area contributed by atoms with Crippen molar-refractivity contribution in [3.05, 3.63) is 58.6 Å². The van der Waals surface area contributed by atoms with Gasteiger partial charge in [0.05, 0.1) is 22.0 Å². The van der Waals surface area contributed by atoms with Crippen LogP contribution in [0.4, 0.5) is 18.9 Å². The number of Topliss-reactive ketones (excluding diaryl/α,β-unsaturated/α-hetero) is 1. The van der Waals surface area contributed by atoms with Crippen molar-refractivity contribution in [2.24, 2.45) is 0 Å². The van der Waals surface area contributed by atoms with Crippen LogP contribution in [0.3, 0.4) is 0 Å². The Labute approximate surface area is 170 Å². The van der Waals surface area contributed by atoms with Crippen molar-refractivity contribution in [2.45, 2.75) is 18.0 Å². The number of rotatable bonds is 6. The molecule has 0 saturated carbocycles. The first-order valence-electron chi connectivity index (χ1n) is 8.06. The fourth-order valence-electron chi connectivity index (χ4n) is 2.36. The van der Waals surface area contributed by atoms with Gasteiger partial charge in [-0.2, -0.15) is 17.5 Å². The Balaban J connectivity index is 2.17. The van der Waals surface area contributed by atoms with Crippen molar-refractivity contribution < 1.29 is 31.2 Å². The molecule has 0 radical (unpaired) electrons. The molecule has 29 heavy (non-hydrogen) atoms. The lowest BCUT2D eigenvalue weighted by Crippen LogP contribution is -2.35. The summed E-state index contributed by atoms with van der Waals surface area (Å²) in [6.45, 7) is 0.626. The van der Waals surface area contributed by atoms with Crippen molar-refractivity contribution in [3.63, 3.8) is 0 Å². The lowest BCUT2D eigenvalue weighted by atomic mass is 10.2. The molecule has 0 aliphatic carbocycles. The van der Waals surface area contributed by atoms with Crippen LogP contribution in [0.5, 0.6) is 0 Å². The third-order valence-corrected chi connectivity index (χ3v) is 6.00. The fourth-order valence-corrected chi connectivity index (χ4v) is 3.76. The molecule has 0 bridgehead atoms. The van der Waals surface area contributed by atoms with E-state index in [2.05, 4.69) is 5.32 Å². The first-order valence-corrected chi connectivity index (χ1v) is 9.88. The van der Waals surface area contributed by atoms with Gasteiger partial charge in [0.2, 0.25) is 15.9 Å². The summed E-state index contributed by atoms with van der Waals surface area (Å²) < 4.78 is 64.6. The van der Waals surface area contributed by atoms with E-state index in [-0.39, 0.29) is 21.9 Å². The fraction of sp³-hybridized carbons (Fsp3) is 0.222. The maximum atomic E-state index is 12.9. The van der Waals surface area contributed by atoms with Gasteiger partial charge in [-0.25, -0.2) is 8.42 Å². The first-order chi connectivity index (χ1) is 13.3. The molecule has 0 aliphatic rings. The molecule has 6 nitrogen and oxygen atoms in total. The number of nitrogens with zero attached hydrogens (tertiary/aromatic N) is 1. The molecule has 1 amide bonds. The Hall–Kier alpha value is -2.43. The van der Waals surface area contributed by atoms with E-state index in [0.717, 1.165) is 17.4 Å². The molecule has 0 aliphatic heterocycles. The minimum atomic E-state index is -4.71. The molecule has 1 N–H and O–H groups in total. The lowest BCUT2D eigenvalue weighted by Gasteiger charge is -2.18. The Morgan fingerprint density at radius 3 is 2.38 bits per heavy atom. The summed E-state index contributed by atoms with van der Waals surface area (Å²) in [5.74, 6) is -1.18. The summed E-state index contributed by atoms with van der Waals surface area (Å²) in [5, 5.41) is 1.68. The normalized spacial score (nSPS) is 12.1. The monoisotopic (exact) mass is 448 g/mol. The standard InChI is InChI=1S/C18H16ClF3N2O4S/c1-11(25)12-4-3-5-14(8-12)29(27,28)24(2)10-17(26)23-13-6-7-16(19)15(9-13)18(20,21)22/h3-9H,10H2,1-2H3,(H,23,26). The molecule has 0 fully saturated rings. The summed E-state index contributed by atoms with van der Waals surface area (Å²) in [5.41, 5.74) is -1.13. The summed E-state index contributed by atoms with van der Waals surface area (Å²) in [6.07, 6.45) is -4.71. The van der Waals surface area contributed by atoms with E-state index in [1.165, 1.54) is 37.3 Å². The van der Waals surface area contributed by atoms with E-state index in [9.17, 15) is 31.2 Å². The predicted octanol–water partition coefficient (Wildman–Crippen LogP) is 3.82. The number of alkyl halides is 3. The minimum absolute atomic E-state index is 0.184. The topological polar surface area (TPSA) is 83.6 Å². The van der Waals surface area contributed by atoms with Gasteiger partial charge in [0.25, 0.3) is 0 Å². The van der Waals surface area contributed by atoms with Crippen LogP contribution in [0.2, 0.25) is 5.02 Å². The molecule has 0 heterocycles. The molecule has 2 aromatic carbocycles. The van der Waals surface area contributed by atoms with Crippen molar-refractivity contribution in [3.8, 4) is 0 Å². The van der Waals surface area contributed by atoms with Crippen molar-refractivity contribution in [2.75, 3.05) is 18.9 Å². The van der Waals surface area contributed by atoms with Gasteiger partial charge in [-0.1, -0.05) is 23.7 Å². The van der Waals surface area contributed by atoms with Gasteiger partial charge in [0.15, 0.2) is 5.78 Å². The maximum Gasteiger partial charge on any atom is 0.417 e. The van der Waals surface area contributed by atoms with Crippen LogP contribution in [0.15, 0.2) is 47.4 Å². The van der Waals surface area contributed by atoms with Crippen molar-refractivity contribution >= 4 is 39.0 Å². The molecule has 11 heteroatoms. The second kappa shape index (κ2) is 8.52. The summed E-state index contributed by atoms with van der Waals surface area (Å²) in [4.78, 5) is 23.4. The smallest absolute Gasteiger partial charge is 0.325 e. The van der Waals surface area contributed by atoms with Gasteiger partial charge >= 0.3 is 6.18 Å². The van der Waals surface area contributed by atoms with Crippen molar-refractivity contribution in [1.82, 2.24) is 4.31 Å². The number of carbonyl (C=O) groups excluding carboxylic acids is 2. The number of sulfonamides is 1. The second-order valence-electron chi connectivity index (χ2n) is 6.09. The number of hydrogen-bond acceptors (Lipinski definition) is 4. The molecule has 0 aromatic heterocycles. The third-order valence-electron chi connectivity index (χ3n) is 3.87. The molecule has 2 aromatic rings. The number of halogens is 4. The quantitative estimate of drug-likeness (QED) is 0.681. The predicted molar refractivity (Wildman–Crippen MR) is 101 cm³/mol. The van der Waals surface area contributed by atoms with Gasteiger partial charge in [-0.3, -0.25) is 9.59 Å². The zero-order valence-corrected chi connectivity index (χ0v) is 16.8. The highest BCUT2D eigenvalue weighted by atomic mass is 35.5. The van der Waals surface area contributed by atoms with Gasteiger partial charge in [0.1, 0.15) is 0 Å². The first kappa shape index (κ1) is 22.9. The molecule has 0 spiro atoms. The summed E-state index contributed by atoms with van der Waals surface area (Å²) in [7, 11) is -2.96. The summed E-state index contributed by atoms with van der Waals surface area (Å²) in [6, 6.07) is 8.10. The lowest BCUT2D eigenvalue weighted by molar-refractivity contribution is -0.137. The number of nitrogens with one attached hydrogen (secondary N) is 1. The zero-order chi connectivity index (χ0) is 22.0. The van der Waals surface area contributed by atoms with Crippen LogP contribution in [-0.2, 0) is 21.0 Å². The Morgan fingerprint density at radius 1 is 1.14 bits per heavy atom. The van der Waals surface area contributed by atoms with Crippen molar-refractivity contribution in [1.29, 1.82) is 0 Å². The highest BCUT2D eigenvalue weighted by Gasteiger charge is 2.33. The van der Waals surface area contributed by atoms with E-state index < -0.39 is 39.2 Å². The number of benzene rings is 2. The van der Waals surface area contributed by atoms with Gasteiger partial charge in [-0.15, -0.1) is 0 Å². The minimum Gasteiger partial charge on any atom is -0.325 e. The molecular formula is C18H16ClF3N2O4S. The largest absolute Gasteiger partial charge is 0.417 e. The van der Waals surface area contributed by atoms with E-state index in [1.54, 1.807) is 0 Å². The van der Waals surface area contributed by atoms with Crippen LogP contribution >= 0.6 is 11.6 Å². The Bertz CT molecular complexity index is 1060. The summed E-state index contributed by atoms with van der Waals surface area (Å²) >= 11 is 5.52. The number of ketones is 1. The number of carbonyl (C=O) groups is 2. The van der Waals surface area contributed by atoms with E-state index in [1.807, 2.05) is 0 Å². The third kappa shape index (κ3) is 5.55. The highest BCUT2D eigenvalue weighted by molar-refractivity contribution is 7.89. The SMILES string of the molecule is CC(=O)c1cccc(S(=O)(=O)N(C)CC(=O)Nc2ccc(Cl)c(C(F)(F)F)c2)c1. The van der Waals surface area contributed by atoms with E-state index in [0.29, 0.717) is 6.07 Å². The molecular weight excluding hydrogens is 433 g/mol. The van der Waals surface area contributed by atoms with Crippen LogP contribution in [0.25, 0.3) is 0 Å². The van der Waals surface area contributed by atoms with E-state index in [4.69, 9.17) is 11.6 Å². The molecule has 2 rings (SSSR count). The number of likely N-dealkylation sites (N-methyl/N-ethyl adjacent to an activating group) is 1. The van der Waals surface area contributed by atoms with E-state index >= 15 is 0 Å². The van der Waals surface area contributed by atoms with Crippen LogP contribution in [0.1, 0.15) is 22.8 Å². The maximum absolute atomic E-state index is 12.9. The Morgan fingerprint density at radius 2 is 1.79 bits per heavy atom.